The summed E-state index contributed by atoms with van der Waals surface area (Å²) in [5.41, 5.74) is 0.929. The Morgan fingerprint density at radius 2 is 2.00 bits per heavy atom. The first kappa shape index (κ1) is 10.9. The zero-order valence-electron chi connectivity index (χ0n) is 8.16. The SMILES string of the molecule is CC.CCOc1cc(C)ncn1. The van der Waals surface area contributed by atoms with Gasteiger partial charge in [0.2, 0.25) is 5.88 Å². The maximum Gasteiger partial charge on any atom is 0.216 e. The molecule has 3 heteroatoms. The van der Waals surface area contributed by atoms with E-state index in [1.807, 2.05) is 33.8 Å². The second-order valence-electron chi connectivity index (χ2n) is 1.93. The molecule has 0 fully saturated rings. The van der Waals surface area contributed by atoms with Crippen molar-refractivity contribution in [3.05, 3.63) is 18.1 Å². The number of ether oxygens (including phenoxy) is 1. The summed E-state index contributed by atoms with van der Waals surface area (Å²) in [6.45, 7) is 8.48. The Bertz CT molecular complexity index is 213. The lowest BCUT2D eigenvalue weighted by Gasteiger charge is -1.99. The summed E-state index contributed by atoms with van der Waals surface area (Å²) in [6, 6.07) is 1.81. The zero-order chi connectivity index (χ0) is 9.40. The van der Waals surface area contributed by atoms with E-state index in [1.54, 1.807) is 0 Å². The van der Waals surface area contributed by atoms with Crippen molar-refractivity contribution in [3.63, 3.8) is 0 Å². The van der Waals surface area contributed by atoms with E-state index in [1.165, 1.54) is 6.33 Å². The van der Waals surface area contributed by atoms with Crippen LogP contribution >= 0.6 is 0 Å². The second kappa shape index (κ2) is 6.58. The number of hydrogen-bond acceptors (Lipinski definition) is 3. The van der Waals surface area contributed by atoms with E-state index in [2.05, 4.69) is 9.97 Å². The number of aryl methyl sites for hydroxylation is 1. The Morgan fingerprint density at radius 1 is 1.33 bits per heavy atom. The van der Waals surface area contributed by atoms with Crippen LogP contribution in [0.2, 0.25) is 0 Å². The fourth-order valence-corrected chi connectivity index (χ4v) is 0.657. The number of aromatic nitrogens is 2. The third-order valence-electron chi connectivity index (χ3n) is 1.07. The van der Waals surface area contributed by atoms with E-state index < -0.39 is 0 Å². The van der Waals surface area contributed by atoms with Crippen LogP contribution < -0.4 is 4.74 Å². The van der Waals surface area contributed by atoms with Gasteiger partial charge in [-0.2, -0.15) is 0 Å². The highest BCUT2D eigenvalue weighted by Gasteiger charge is 1.91. The highest BCUT2D eigenvalue weighted by atomic mass is 16.5. The van der Waals surface area contributed by atoms with Gasteiger partial charge in [0.25, 0.3) is 0 Å². The van der Waals surface area contributed by atoms with E-state index in [0.29, 0.717) is 12.5 Å². The van der Waals surface area contributed by atoms with Crippen molar-refractivity contribution in [1.82, 2.24) is 9.97 Å². The summed E-state index contributed by atoms with van der Waals surface area (Å²) in [6.07, 6.45) is 1.50. The van der Waals surface area contributed by atoms with E-state index in [4.69, 9.17) is 4.74 Å². The molecular formula is C9H16N2O. The molecule has 0 N–H and O–H groups in total. The molecule has 0 amide bonds. The Morgan fingerprint density at radius 3 is 2.50 bits per heavy atom. The van der Waals surface area contributed by atoms with E-state index >= 15 is 0 Å². The monoisotopic (exact) mass is 168 g/mol. The van der Waals surface area contributed by atoms with Gasteiger partial charge >= 0.3 is 0 Å². The molecule has 0 atom stereocenters. The molecule has 0 unspecified atom stereocenters. The Hall–Kier alpha value is -1.12. The number of hydrogen-bond donors (Lipinski definition) is 0. The van der Waals surface area contributed by atoms with Crippen molar-refractivity contribution in [2.24, 2.45) is 0 Å². The van der Waals surface area contributed by atoms with Crippen LogP contribution in [-0.4, -0.2) is 16.6 Å². The van der Waals surface area contributed by atoms with Gasteiger partial charge in [-0.15, -0.1) is 0 Å². The molecule has 12 heavy (non-hydrogen) atoms. The summed E-state index contributed by atoms with van der Waals surface area (Å²) in [5.74, 6) is 0.648. The molecule has 1 aromatic heterocycles. The Kier molecular flexibility index (Phi) is 5.97. The number of rotatable bonds is 2. The van der Waals surface area contributed by atoms with Crippen LogP contribution in [0.25, 0.3) is 0 Å². The summed E-state index contributed by atoms with van der Waals surface area (Å²) in [7, 11) is 0. The molecule has 0 aliphatic rings. The number of nitrogens with zero attached hydrogens (tertiary/aromatic N) is 2. The van der Waals surface area contributed by atoms with Gasteiger partial charge in [0.05, 0.1) is 6.61 Å². The second-order valence-corrected chi connectivity index (χ2v) is 1.93. The summed E-state index contributed by atoms with van der Waals surface area (Å²) in [4.78, 5) is 7.83. The molecule has 1 heterocycles. The fourth-order valence-electron chi connectivity index (χ4n) is 0.657. The average molecular weight is 168 g/mol. The molecule has 0 aliphatic heterocycles. The van der Waals surface area contributed by atoms with E-state index in [0.717, 1.165) is 5.69 Å². The Balaban J connectivity index is 0.000000561. The maximum absolute atomic E-state index is 5.14. The normalized spacial score (nSPS) is 8.33. The highest BCUT2D eigenvalue weighted by molar-refractivity contribution is 5.11. The lowest BCUT2D eigenvalue weighted by Crippen LogP contribution is -1.95. The molecule has 1 rings (SSSR count). The van der Waals surface area contributed by atoms with Crippen molar-refractivity contribution in [2.75, 3.05) is 6.61 Å². The van der Waals surface area contributed by atoms with E-state index in [-0.39, 0.29) is 0 Å². The smallest absolute Gasteiger partial charge is 0.216 e. The predicted octanol–water partition coefficient (Wildman–Crippen LogP) is 2.21. The first-order valence-corrected chi connectivity index (χ1v) is 4.24. The average Bonchev–Trinajstić information content (AvgIpc) is 2.09. The standard InChI is InChI=1S/C7H10N2O.C2H6/c1-3-10-7-4-6(2)8-5-9-7;1-2/h4-5H,3H2,1-2H3;1-2H3. The van der Waals surface area contributed by atoms with Crippen LogP contribution in [0.3, 0.4) is 0 Å². The highest BCUT2D eigenvalue weighted by Crippen LogP contribution is 2.04. The van der Waals surface area contributed by atoms with Crippen molar-refractivity contribution in [2.45, 2.75) is 27.7 Å². The quantitative estimate of drug-likeness (QED) is 0.679. The topological polar surface area (TPSA) is 35.0 Å². The molecule has 0 saturated carbocycles. The van der Waals surface area contributed by atoms with Crippen LogP contribution in [0.1, 0.15) is 26.5 Å². The molecule has 0 saturated heterocycles. The van der Waals surface area contributed by atoms with Crippen LogP contribution in [0.4, 0.5) is 0 Å². The minimum absolute atomic E-state index is 0.648. The van der Waals surface area contributed by atoms with Crippen LogP contribution in [0, 0.1) is 6.92 Å². The van der Waals surface area contributed by atoms with Gasteiger partial charge in [0, 0.05) is 11.8 Å². The van der Waals surface area contributed by atoms with Gasteiger partial charge in [-0.3, -0.25) is 0 Å². The molecular weight excluding hydrogens is 152 g/mol. The third kappa shape index (κ3) is 3.91. The van der Waals surface area contributed by atoms with Crippen LogP contribution in [0.5, 0.6) is 5.88 Å². The molecule has 1 aromatic rings. The van der Waals surface area contributed by atoms with Crippen LogP contribution in [0.15, 0.2) is 12.4 Å². The summed E-state index contributed by atoms with van der Waals surface area (Å²) in [5, 5.41) is 0. The first-order chi connectivity index (χ1) is 5.83. The third-order valence-corrected chi connectivity index (χ3v) is 1.07. The molecule has 0 aromatic carbocycles. The van der Waals surface area contributed by atoms with Crippen molar-refractivity contribution < 1.29 is 4.74 Å². The van der Waals surface area contributed by atoms with Crippen molar-refractivity contribution in [1.29, 1.82) is 0 Å². The minimum atomic E-state index is 0.648. The summed E-state index contributed by atoms with van der Waals surface area (Å²) < 4.78 is 5.14. The minimum Gasteiger partial charge on any atom is -0.478 e. The zero-order valence-corrected chi connectivity index (χ0v) is 8.16. The molecule has 0 bridgehead atoms. The lowest BCUT2D eigenvalue weighted by atomic mass is 10.4. The predicted molar refractivity (Wildman–Crippen MR) is 49.3 cm³/mol. The van der Waals surface area contributed by atoms with Gasteiger partial charge in [0.15, 0.2) is 0 Å². The maximum atomic E-state index is 5.14. The molecule has 0 radical (unpaired) electrons. The summed E-state index contributed by atoms with van der Waals surface area (Å²) >= 11 is 0. The molecule has 0 spiro atoms. The van der Waals surface area contributed by atoms with Gasteiger partial charge in [0.1, 0.15) is 6.33 Å². The van der Waals surface area contributed by atoms with Gasteiger partial charge < -0.3 is 4.74 Å². The molecule has 3 nitrogen and oxygen atoms in total. The Labute approximate surface area is 73.8 Å². The first-order valence-electron chi connectivity index (χ1n) is 4.24. The fraction of sp³-hybridized carbons (Fsp3) is 0.556. The van der Waals surface area contributed by atoms with Crippen LogP contribution in [-0.2, 0) is 0 Å². The largest absolute Gasteiger partial charge is 0.478 e. The van der Waals surface area contributed by atoms with Crippen molar-refractivity contribution >= 4 is 0 Å². The van der Waals surface area contributed by atoms with E-state index in [9.17, 15) is 0 Å². The molecule has 68 valence electrons. The van der Waals surface area contributed by atoms with Crippen molar-refractivity contribution in [3.8, 4) is 5.88 Å². The lowest BCUT2D eigenvalue weighted by molar-refractivity contribution is 0.326. The van der Waals surface area contributed by atoms with Gasteiger partial charge in [-0.05, 0) is 13.8 Å². The van der Waals surface area contributed by atoms with Gasteiger partial charge in [-0.25, -0.2) is 9.97 Å². The molecule has 0 aliphatic carbocycles. The van der Waals surface area contributed by atoms with Gasteiger partial charge in [-0.1, -0.05) is 13.8 Å².